The molecule has 1 atom stereocenters. The van der Waals surface area contributed by atoms with Crippen molar-refractivity contribution in [3.8, 4) is 0 Å². The maximum atomic E-state index is 12.0. The van der Waals surface area contributed by atoms with Crippen LogP contribution in [0.1, 0.15) is 24.0 Å². The third-order valence-corrected chi connectivity index (χ3v) is 3.43. The third-order valence-electron chi connectivity index (χ3n) is 3.43. The standard InChI is InChI=1S/C15H23N3O/c1-18(2)11-13-7-4-3-6-12(13)10-17-15(19)14-8-5-9-16-14/h3-4,6-7,14,16H,5,8-11H2,1-2H3,(H,17,19). The minimum absolute atomic E-state index is 0.000936. The van der Waals surface area contributed by atoms with Gasteiger partial charge in [-0.3, -0.25) is 4.79 Å². The Hall–Kier alpha value is -1.39. The van der Waals surface area contributed by atoms with E-state index in [0.29, 0.717) is 6.54 Å². The van der Waals surface area contributed by atoms with E-state index in [-0.39, 0.29) is 11.9 Å². The second-order valence-corrected chi connectivity index (χ2v) is 5.37. The van der Waals surface area contributed by atoms with E-state index in [2.05, 4.69) is 41.8 Å². The lowest BCUT2D eigenvalue weighted by molar-refractivity contribution is -0.122. The van der Waals surface area contributed by atoms with Crippen LogP contribution in [0.4, 0.5) is 0 Å². The Morgan fingerprint density at radius 2 is 2.11 bits per heavy atom. The zero-order valence-electron chi connectivity index (χ0n) is 11.8. The topological polar surface area (TPSA) is 44.4 Å². The molecular formula is C15H23N3O. The number of nitrogens with one attached hydrogen (secondary N) is 2. The summed E-state index contributed by atoms with van der Waals surface area (Å²) in [6.45, 7) is 2.46. The van der Waals surface area contributed by atoms with Gasteiger partial charge in [-0.15, -0.1) is 0 Å². The van der Waals surface area contributed by atoms with Gasteiger partial charge in [0.05, 0.1) is 6.04 Å². The van der Waals surface area contributed by atoms with Crippen molar-refractivity contribution in [2.75, 3.05) is 20.6 Å². The molecule has 19 heavy (non-hydrogen) atoms. The maximum absolute atomic E-state index is 12.0. The molecule has 4 heteroatoms. The first-order chi connectivity index (χ1) is 9.16. The molecule has 1 heterocycles. The fraction of sp³-hybridized carbons (Fsp3) is 0.533. The number of carbonyl (C=O) groups is 1. The quantitative estimate of drug-likeness (QED) is 0.835. The maximum Gasteiger partial charge on any atom is 0.237 e. The second-order valence-electron chi connectivity index (χ2n) is 5.37. The highest BCUT2D eigenvalue weighted by molar-refractivity contribution is 5.82. The first kappa shape index (κ1) is 14.0. The van der Waals surface area contributed by atoms with Crippen molar-refractivity contribution in [2.45, 2.75) is 32.0 Å². The summed E-state index contributed by atoms with van der Waals surface area (Å²) < 4.78 is 0. The van der Waals surface area contributed by atoms with Gasteiger partial charge in [0.2, 0.25) is 5.91 Å². The van der Waals surface area contributed by atoms with Crippen molar-refractivity contribution >= 4 is 5.91 Å². The average molecular weight is 261 g/mol. The van der Waals surface area contributed by atoms with Crippen LogP contribution in [0.2, 0.25) is 0 Å². The molecule has 0 bridgehead atoms. The van der Waals surface area contributed by atoms with Crippen LogP contribution in [0.25, 0.3) is 0 Å². The van der Waals surface area contributed by atoms with Gasteiger partial charge >= 0.3 is 0 Å². The summed E-state index contributed by atoms with van der Waals surface area (Å²) in [6.07, 6.45) is 2.04. The molecule has 104 valence electrons. The lowest BCUT2D eigenvalue weighted by atomic mass is 10.1. The van der Waals surface area contributed by atoms with Crippen LogP contribution in [-0.2, 0) is 17.9 Å². The largest absolute Gasteiger partial charge is 0.351 e. The first-order valence-corrected chi connectivity index (χ1v) is 6.89. The molecule has 0 saturated carbocycles. The normalized spacial score (nSPS) is 18.8. The Balaban J connectivity index is 1.93. The van der Waals surface area contributed by atoms with E-state index in [0.717, 1.165) is 25.9 Å². The summed E-state index contributed by atoms with van der Waals surface area (Å²) in [4.78, 5) is 14.1. The van der Waals surface area contributed by atoms with Gasteiger partial charge in [-0.1, -0.05) is 24.3 Å². The summed E-state index contributed by atoms with van der Waals surface area (Å²) >= 11 is 0. The minimum atomic E-state index is 0.000936. The van der Waals surface area contributed by atoms with Crippen molar-refractivity contribution in [2.24, 2.45) is 0 Å². The van der Waals surface area contributed by atoms with E-state index in [1.165, 1.54) is 11.1 Å². The molecule has 0 radical (unpaired) electrons. The van der Waals surface area contributed by atoms with Crippen LogP contribution in [-0.4, -0.2) is 37.5 Å². The zero-order valence-corrected chi connectivity index (χ0v) is 11.8. The lowest BCUT2D eigenvalue weighted by Gasteiger charge is -2.16. The molecule has 0 aliphatic carbocycles. The van der Waals surface area contributed by atoms with Crippen LogP contribution < -0.4 is 10.6 Å². The second kappa shape index (κ2) is 6.68. The fourth-order valence-electron chi connectivity index (χ4n) is 2.44. The Labute approximate surface area is 115 Å². The number of rotatable bonds is 5. The van der Waals surface area contributed by atoms with Crippen molar-refractivity contribution in [3.63, 3.8) is 0 Å². The SMILES string of the molecule is CN(C)Cc1ccccc1CNC(=O)C1CCCN1. The number of amides is 1. The van der Waals surface area contributed by atoms with E-state index in [4.69, 9.17) is 0 Å². The van der Waals surface area contributed by atoms with E-state index in [9.17, 15) is 4.79 Å². The zero-order chi connectivity index (χ0) is 13.7. The summed E-state index contributed by atoms with van der Waals surface area (Å²) in [5.41, 5.74) is 2.47. The van der Waals surface area contributed by atoms with Crippen LogP contribution in [0.15, 0.2) is 24.3 Å². The monoisotopic (exact) mass is 261 g/mol. The van der Waals surface area contributed by atoms with E-state index in [1.54, 1.807) is 0 Å². The molecule has 1 aliphatic heterocycles. The van der Waals surface area contributed by atoms with Gasteiger partial charge in [-0.2, -0.15) is 0 Å². The molecule has 1 aromatic rings. The summed E-state index contributed by atoms with van der Waals surface area (Å²) in [5, 5.41) is 6.25. The summed E-state index contributed by atoms with van der Waals surface area (Å²) in [6, 6.07) is 8.27. The van der Waals surface area contributed by atoms with E-state index in [1.807, 2.05) is 12.1 Å². The highest BCUT2D eigenvalue weighted by Gasteiger charge is 2.21. The van der Waals surface area contributed by atoms with Crippen LogP contribution in [0.3, 0.4) is 0 Å². The molecule has 2 rings (SSSR count). The third kappa shape index (κ3) is 4.04. The van der Waals surface area contributed by atoms with E-state index >= 15 is 0 Å². The molecular weight excluding hydrogens is 238 g/mol. The number of hydrogen-bond acceptors (Lipinski definition) is 3. The number of carbonyl (C=O) groups excluding carboxylic acids is 1. The Morgan fingerprint density at radius 1 is 1.37 bits per heavy atom. The van der Waals surface area contributed by atoms with Gasteiger partial charge in [0.15, 0.2) is 0 Å². The molecule has 1 amide bonds. The first-order valence-electron chi connectivity index (χ1n) is 6.89. The van der Waals surface area contributed by atoms with Crippen molar-refractivity contribution in [1.29, 1.82) is 0 Å². The Morgan fingerprint density at radius 3 is 2.74 bits per heavy atom. The smallest absolute Gasteiger partial charge is 0.237 e. The van der Waals surface area contributed by atoms with E-state index < -0.39 is 0 Å². The molecule has 4 nitrogen and oxygen atoms in total. The Bertz CT molecular complexity index is 425. The molecule has 1 fully saturated rings. The summed E-state index contributed by atoms with van der Waals surface area (Å²) in [5.74, 6) is 0.122. The Kier molecular flexibility index (Phi) is 4.93. The molecule has 2 N–H and O–H groups in total. The van der Waals surface area contributed by atoms with Gasteiger partial charge in [-0.25, -0.2) is 0 Å². The highest BCUT2D eigenvalue weighted by Crippen LogP contribution is 2.11. The van der Waals surface area contributed by atoms with Crippen molar-refractivity contribution < 1.29 is 4.79 Å². The summed E-state index contributed by atoms with van der Waals surface area (Å²) in [7, 11) is 4.11. The lowest BCUT2D eigenvalue weighted by Crippen LogP contribution is -2.40. The van der Waals surface area contributed by atoms with Crippen LogP contribution in [0, 0.1) is 0 Å². The molecule has 1 saturated heterocycles. The highest BCUT2D eigenvalue weighted by atomic mass is 16.2. The van der Waals surface area contributed by atoms with Gasteiger partial charge < -0.3 is 15.5 Å². The van der Waals surface area contributed by atoms with Gasteiger partial charge in [-0.05, 0) is 44.6 Å². The van der Waals surface area contributed by atoms with Gasteiger partial charge in [0.25, 0.3) is 0 Å². The van der Waals surface area contributed by atoms with Gasteiger partial charge in [0.1, 0.15) is 0 Å². The van der Waals surface area contributed by atoms with Crippen molar-refractivity contribution in [1.82, 2.24) is 15.5 Å². The molecule has 0 spiro atoms. The van der Waals surface area contributed by atoms with Gasteiger partial charge in [0, 0.05) is 13.1 Å². The molecule has 1 unspecified atom stereocenters. The van der Waals surface area contributed by atoms with Crippen LogP contribution >= 0.6 is 0 Å². The fourth-order valence-corrected chi connectivity index (χ4v) is 2.44. The number of hydrogen-bond donors (Lipinski definition) is 2. The van der Waals surface area contributed by atoms with Crippen molar-refractivity contribution in [3.05, 3.63) is 35.4 Å². The molecule has 0 aromatic heterocycles. The average Bonchev–Trinajstić information content (AvgIpc) is 2.90. The molecule has 1 aliphatic rings. The predicted octanol–water partition coefficient (Wildman–Crippen LogP) is 1.12. The minimum Gasteiger partial charge on any atom is -0.351 e. The predicted molar refractivity (Wildman–Crippen MR) is 76.7 cm³/mol. The number of benzene rings is 1. The number of nitrogens with zero attached hydrogens (tertiary/aromatic N) is 1. The molecule has 1 aromatic carbocycles. The van der Waals surface area contributed by atoms with Crippen LogP contribution in [0.5, 0.6) is 0 Å².